The predicted octanol–water partition coefficient (Wildman–Crippen LogP) is 3.87. The largest absolute Gasteiger partial charge is 0.496 e. The highest BCUT2D eigenvalue weighted by atomic mass is 79.9. The average Bonchev–Trinajstić information content (AvgIpc) is 2.38. The maximum Gasteiger partial charge on any atom is 0.124 e. The Bertz CT molecular complexity index is 572. The maximum absolute atomic E-state index is 13.1. The first-order valence-corrected chi connectivity index (χ1v) is 6.65. The molecule has 0 spiro atoms. The molecular formula is C15H14BrFO2. The molecule has 0 fully saturated rings. The van der Waals surface area contributed by atoms with Gasteiger partial charge in [-0.15, -0.1) is 0 Å². The third-order valence-corrected chi connectivity index (χ3v) is 3.36. The fourth-order valence-electron chi connectivity index (χ4n) is 1.96. The van der Waals surface area contributed by atoms with Gasteiger partial charge in [-0.3, -0.25) is 0 Å². The molecule has 1 unspecified atom stereocenters. The molecule has 100 valence electrons. The maximum atomic E-state index is 13.1. The van der Waals surface area contributed by atoms with Gasteiger partial charge in [-0.25, -0.2) is 4.39 Å². The number of benzene rings is 2. The summed E-state index contributed by atoms with van der Waals surface area (Å²) >= 11 is 3.36. The number of hydrogen-bond acceptors (Lipinski definition) is 2. The van der Waals surface area contributed by atoms with E-state index in [1.807, 2.05) is 12.1 Å². The van der Waals surface area contributed by atoms with E-state index >= 15 is 0 Å². The lowest BCUT2D eigenvalue weighted by Crippen LogP contribution is -2.04. The molecule has 1 N–H and O–H groups in total. The summed E-state index contributed by atoms with van der Waals surface area (Å²) in [4.78, 5) is 0. The van der Waals surface area contributed by atoms with Crippen LogP contribution in [0.2, 0.25) is 0 Å². The molecule has 0 saturated heterocycles. The molecule has 0 aliphatic carbocycles. The molecule has 2 aromatic carbocycles. The Morgan fingerprint density at radius 2 is 2.05 bits per heavy atom. The molecule has 0 aromatic heterocycles. The molecule has 0 radical (unpaired) electrons. The van der Waals surface area contributed by atoms with Crippen molar-refractivity contribution >= 4 is 15.9 Å². The third-order valence-electron chi connectivity index (χ3n) is 2.87. The highest BCUT2D eigenvalue weighted by molar-refractivity contribution is 9.10. The summed E-state index contributed by atoms with van der Waals surface area (Å²) in [7, 11) is 1.56. The molecule has 0 aliphatic rings. The van der Waals surface area contributed by atoms with Crippen molar-refractivity contribution in [3.8, 4) is 5.75 Å². The lowest BCUT2D eigenvalue weighted by Gasteiger charge is -2.15. The van der Waals surface area contributed by atoms with Crippen LogP contribution in [0.15, 0.2) is 46.9 Å². The van der Waals surface area contributed by atoms with Gasteiger partial charge in [0, 0.05) is 16.5 Å². The molecule has 2 aromatic rings. The highest BCUT2D eigenvalue weighted by Crippen LogP contribution is 2.30. The normalized spacial score (nSPS) is 12.2. The summed E-state index contributed by atoms with van der Waals surface area (Å²) in [5, 5.41) is 10.3. The van der Waals surface area contributed by atoms with Crippen LogP contribution in [0, 0.1) is 5.82 Å². The molecule has 19 heavy (non-hydrogen) atoms. The zero-order valence-corrected chi connectivity index (χ0v) is 12.0. The number of aliphatic hydroxyl groups is 1. The van der Waals surface area contributed by atoms with Crippen molar-refractivity contribution in [3.63, 3.8) is 0 Å². The van der Waals surface area contributed by atoms with Crippen LogP contribution in [-0.4, -0.2) is 12.2 Å². The standard InChI is InChI=1S/C15H14BrFO2/c1-19-15-6-5-11(16)9-13(15)14(18)8-10-3-2-4-12(17)7-10/h2-7,9,14,18H,8H2,1H3. The molecule has 4 heteroatoms. The van der Waals surface area contributed by atoms with Crippen LogP contribution < -0.4 is 4.74 Å². The van der Waals surface area contributed by atoms with E-state index in [-0.39, 0.29) is 5.82 Å². The van der Waals surface area contributed by atoms with Crippen LogP contribution in [0.5, 0.6) is 5.75 Å². The lowest BCUT2D eigenvalue weighted by molar-refractivity contribution is 0.174. The van der Waals surface area contributed by atoms with Crippen LogP contribution in [0.3, 0.4) is 0 Å². The Hall–Kier alpha value is -1.39. The summed E-state index contributed by atoms with van der Waals surface area (Å²) in [5.41, 5.74) is 1.43. The van der Waals surface area contributed by atoms with Gasteiger partial charge >= 0.3 is 0 Å². The van der Waals surface area contributed by atoms with E-state index in [2.05, 4.69) is 15.9 Å². The number of rotatable bonds is 4. The minimum atomic E-state index is -0.741. The minimum Gasteiger partial charge on any atom is -0.496 e. The van der Waals surface area contributed by atoms with E-state index in [1.165, 1.54) is 12.1 Å². The lowest BCUT2D eigenvalue weighted by atomic mass is 10.0. The number of ether oxygens (including phenoxy) is 1. The fourth-order valence-corrected chi connectivity index (χ4v) is 2.34. The number of aliphatic hydroxyl groups excluding tert-OH is 1. The van der Waals surface area contributed by atoms with Gasteiger partial charge in [0.1, 0.15) is 11.6 Å². The SMILES string of the molecule is COc1ccc(Br)cc1C(O)Cc1cccc(F)c1. The van der Waals surface area contributed by atoms with Gasteiger partial charge in [-0.05, 0) is 35.9 Å². The fraction of sp³-hybridized carbons (Fsp3) is 0.200. The van der Waals surface area contributed by atoms with Crippen molar-refractivity contribution in [2.45, 2.75) is 12.5 Å². The van der Waals surface area contributed by atoms with Crippen molar-refractivity contribution < 1.29 is 14.2 Å². The van der Waals surface area contributed by atoms with Gasteiger partial charge in [0.25, 0.3) is 0 Å². The van der Waals surface area contributed by atoms with Crippen LogP contribution in [0.1, 0.15) is 17.2 Å². The summed E-state index contributed by atoms with van der Waals surface area (Å²) in [6.07, 6.45) is -0.404. The van der Waals surface area contributed by atoms with Gasteiger partial charge in [0.05, 0.1) is 13.2 Å². The van der Waals surface area contributed by atoms with Crippen molar-refractivity contribution in [2.75, 3.05) is 7.11 Å². The van der Waals surface area contributed by atoms with Crippen LogP contribution in [-0.2, 0) is 6.42 Å². The van der Waals surface area contributed by atoms with Gasteiger partial charge in [0.15, 0.2) is 0 Å². The molecule has 0 heterocycles. The van der Waals surface area contributed by atoms with Crippen molar-refractivity contribution in [1.29, 1.82) is 0 Å². The second kappa shape index (κ2) is 6.17. The molecule has 0 saturated carbocycles. The highest BCUT2D eigenvalue weighted by Gasteiger charge is 2.14. The van der Waals surface area contributed by atoms with Gasteiger partial charge in [-0.2, -0.15) is 0 Å². The first-order valence-electron chi connectivity index (χ1n) is 5.86. The summed E-state index contributed by atoms with van der Waals surface area (Å²) in [5.74, 6) is 0.318. The first kappa shape index (κ1) is 14.0. The van der Waals surface area contributed by atoms with Crippen molar-refractivity contribution in [1.82, 2.24) is 0 Å². The number of hydrogen-bond donors (Lipinski definition) is 1. The van der Waals surface area contributed by atoms with Crippen LogP contribution in [0.25, 0.3) is 0 Å². The average molecular weight is 325 g/mol. The Labute approximate surface area is 120 Å². The van der Waals surface area contributed by atoms with E-state index in [9.17, 15) is 9.50 Å². The Morgan fingerprint density at radius 1 is 1.26 bits per heavy atom. The Balaban J connectivity index is 2.24. The molecule has 2 rings (SSSR count). The molecular weight excluding hydrogens is 311 g/mol. The second-order valence-corrected chi connectivity index (χ2v) is 5.15. The van der Waals surface area contributed by atoms with Crippen LogP contribution in [0.4, 0.5) is 4.39 Å². The monoisotopic (exact) mass is 324 g/mol. The molecule has 2 nitrogen and oxygen atoms in total. The van der Waals surface area contributed by atoms with E-state index in [0.29, 0.717) is 17.7 Å². The molecule has 0 aliphatic heterocycles. The quantitative estimate of drug-likeness (QED) is 0.925. The molecule has 0 amide bonds. The van der Waals surface area contributed by atoms with E-state index in [0.717, 1.165) is 10.0 Å². The second-order valence-electron chi connectivity index (χ2n) is 4.24. The first-order chi connectivity index (χ1) is 9.10. The van der Waals surface area contributed by atoms with E-state index < -0.39 is 6.10 Å². The topological polar surface area (TPSA) is 29.5 Å². The third kappa shape index (κ3) is 3.55. The molecule has 1 atom stereocenters. The van der Waals surface area contributed by atoms with E-state index in [4.69, 9.17) is 4.74 Å². The zero-order valence-electron chi connectivity index (χ0n) is 10.4. The zero-order chi connectivity index (χ0) is 13.8. The predicted molar refractivity (Wildman–Crippen MR) is 75.8 cm³/mol. The minimum absolute atomic E-state index is 0.300. The van der Waals surface area contributed by atoms with E-state index in [1.54, 1.807) is 25.3 Å². The smallest absolute Gasteiger partial charge is 0.124 e. The van der Waals surface area contributed by atoms with Crippen LogP contribution >= 0.6 is 15.9 Å². The summed E-state index contributed by atoms with van der Waals surface area (Å²) in [6.45, 7) is 0. The van der Waals surface area contributed by atoms with Gasteiger partial charge in [0.2, 0.25) is 0 Å². The number of halogens is 2. The van der Waals surface area contributed by atoms with Crippen molar-refractivity contribution in [2.24, 2.45) is 0 Å². The van der Waals surface area contributed by atoms with Crippen molar-refractivity contribution in [3.05, 3.63) is 63.9 Å². The van der Waals surface area contributed by atoms with Gasteiger partial charge in [-0.1, -0.05) is 28.1 Å². The summed E-state index contributed by atoms with van der Waals surface area (Å²) < 4.78 is 19.2. The Morgan fingerprint density at radius 3 is 2.74 bits per heavy atom. The van der Waals surface area contributed by atoms with Gasteiger partial charge < -0.3 is 9.84 Å². The summed E-state index contributed by atoms with van der Waals surface area (Å²) in [6, 6.07) is 11.7. The number of methoxy groups -OCH3 is 1. The Kier molecular flexibility index (Phi) is 4.56. The molecule has 0 bridgehead atoms.